The third-order valence-corrected chi connectivity index (χ3v) is 10.1. The van der Waals surface area contributed by atoms with Crippen molar-refractivity contribution in [2.45, 2.75) is 150 Å². The molecule has 46 heavy (non-hydrogen) atoms. The number of hydrogen-bond acceptors (Lipinski definition) is 5. The largest absolute Gasteiger partial charge is 0.354 e. The molecule has 2 fully saturated rings. The molecule has 0 aromatic carbocycles. The maximum atomic E-state index is 14.1. The summed E-state index contributed by atoms with van der Waals surface area (Å²) in [5.74, 6) is -0.484. The first-order chi connectivity index (χ1) is 21.6. The van der Waals surface area contributed by atoms with E-state index < -0.39 is 17.5 Å². The van der Waals surface area contributed by atoms with Gasteiger partial charge in [-0.05, 0) is 96.4 Å². The maximum absolute atomic E-state index is 14.1. The van der Waals surface area contributed by atoms with E-state index in [0.29, 0.717) is 25.1 Å². The molecule has 9 nitrogen and oxygen atoms in total. The van der Waals surface area contributed by atoms with Gasteiger partial charge in [0.2, 0.25) is 23.6 Å². The monoisotopic (exact) mass is 641 g/mol. The molecule has 0 radical (unpaired) electrons. The van der Waals surface area contributed by atoms with Crippen molar-refractivity contribution in [1.82, 2.24) is 25.3 Å². The molecule has 2 aliphatic heterocycles. The Morgan fingerprint density at radius 1 is 0.957 bits per heavy atom. The average molecular weight is 642 g/mol. The van der Waals surface area contributed by atoms with Crippen LogP contribution in [0, 0.1) is 11.3 Å². The van der Waals surface area contributed by atoms with E-state index in [2.05, 4.69) is 35.5 Å². The van der Waals surface area contributed by atoms with E-state index in [9.17, 15) is 19.2 Å². The zero-order valence-corrected chi connectivity index (χ0v) is 30.3. The Labute approximate surface area is 279 Å². The molecule has 3 aliphatic rings. The molecule has 1 unspecified atom stereocenters. The highest BCUT2D eigenvalue weighted by Gasteiger charge is 2.40. The summed E-state index contributed by atoms with van der Waals surface area (Å²) in [6, 6.07) is -1.55. The van der Waals surface area contributed by atoms with Gasteiger partial charge in [-0.25, -0.2) is 0 Å². The number of likely N-dealkylation sites (N-methyl/N-ethyl adjacent to an activating group) is 1. The van der Waals surface area contributed by atoms with Gasteiger partial charge in [-0.2, -0.15) is 0 Å². The topological polar surface area (TPSA) is 102 Å². The lowest BCUT2D eigenvalue weighted by Crippen LogP contribution is -2.60. The highest BCUT2D eigenvalue weighted by Crippen LogP contribution is 2.27. The zero-order valence-electron chi connectivity index (χ0n) is 30.3. The fourth-order valence-corrected chi connectivity index (χ4v) is 7.27. The van der Waals surface area contributed by atoms with E-state index in [1.807, 2.05) is 40.7 Å². The minimum Gasteiger partial charge on any atom is -0.354 e. The smallest absolute Gasteiger partial charge is 0.249 e. The number of likely N-dealkylation sites (tertiary alicyclic amines) is 2. The van der Waals surface area contributed by atoms with Gasteiger partial charge in [-0.3, -0.25) is 24.1 Å². The zero-order chi connectivity index (χ0) is 34.2. The molecule has 2 saturated heterocycles. The Morgan fingerprint density at radius 3 is 2.26 bits per heavy atom. The van der Waals surface area contributed by atoms with E-state index >= 15 is 0 Å². The summed E-state index contributed by atoms with van der Waals surface area (Å²) in [5.41, 5.74) is 1.43. The van der Waals surface area contributed by atoms with Gasteiger partial charge in [0, 0.05) is 31.8 Å². The Kier molecular flexibility index (Phi) is 13.9. The summed E-state index contributed by atoms with van der Waals surface area (Å²) >= 11 is 0. The second-order valence-corrected chi connectivity index (χ2v) is 15.5. The van der Waals surface area contributed by atoms with Gasteiger partial charge >= 0.3 is 0 Å². The number of rotatable bonds is 12. The van der Waals surface area contributed by atoms with E-state index in [1.165, 1.54) is 18.4 Å². The van der Waals surface area contributed by atoms with Crippen molar-refractivity contribution >= 4 is 23.6 Å². The van der Waals surface area contributed by atoms with Crippen molar-refractivity contribution < 1.29 is 19.2 Å². The second-order valence-electron chi connectivity index (χ2n) is 15.5. The summed E-state index contributed by atoms with van der Waals surface area (Å²) in [6.07, 6.45) is 14.1. The molecule has 9 heteroatoms. The first-order valence-electron chi connectivity index (χ1n) is 17.9. The number of nitrogens with one attached hydrogen (secondary N) is 2. The summed E-state index contributed by atoms with van der Waals surface area (Å²) < 4.78 is 0. The SMILES string of the molecule is C/C(=C\[C@H](C(C)C)N(C)C(=O)[C@@H](NC(=O)C1CCCCN1C(C)C)C(C)(C)C)C(=O)N1CCC[C@H]1C(=O)NCCC1=CCCCC1. The standard InChI is InChI=1S/C37H63N5O4/c1-25(2)31(40(9)36(46)32(37(6,7)8)39-34(44)30-18-13-14-22-41(30)26(3)4)24-27(5)35(45)42-23-15-19-29(42)33(43)38-21-20-28-16-11-10-12-17-28/h16,24-26,29-32H,10-15,17-23H2,1-9H3,(H,38,43)(H,39,44)/b27-24+/t29-,30?,31+,32+/m0/s1. The van der Waals surface area contributed by atoms with Gasteiger partial charge in [0.05, 0.1) is 12.1 Å². The summed E-state index contributed by atoms with van der Waals surface area (Å²) in [6.45, 7) is 18.0. The van der Waals surface area contributed by atoms with Gasteiger partial charge < -0.3 is 20.4 Å². The molecule has 1 aliphatic carbocycles. The highest BCUT2D eigenvalue weighted by atomic mass is 16.2. The Hall–Kier alpha value is -2.68. The Bertz CT molecular complexity index is 1140. The van der Waals surface area contributed by atoms with Crippen LogP contribution in [0.1, 0.15) is 120 Å². The van der Waals surface area contributed by atoms with Crippen LogP contribution >= 0.6 is 0 Å². The van der Waals surface area contributed by atoms with Gasteiger partial charge in [0.1, 0.15) is 12.1 Å². The van der Waals surface area contributed by atoms with Gasteiger partial charge in [0.25, 0.3) is 0 Å². The van der Waals surface area contributed by atoms with Crippen LogP contribution in [-0.2, 0) is 19.2 Å². The molecule has 0 saturated carbocycles. The van der Waals surface area contributed by atoms with E-state index in [-0.39, 0.29) is 47.7 Å². The number of allylic oxidation sites excluding steroid dienone is 1. The second kappa shape index (κ2) is 16.9. The Morgan fingerprint density at radius 2 is 1.65 bits per heavy atom. The van der Waals surface area contributed by atoms with Crippen LogP contribution in [0.15, 0.2) is 23.3 Å². The molecule has 4 atom stereocenters. The average Bonchev–Trinajstić information content (AvgIpc) is 3.51. The number of nitrogens with zero attached hydrogens (tertiary/aromatic N) is 3. The van der Waals surface area contributed by atoms with Crippen LogP contribution in [0.2, 0.25) is 0 Å². The van der Waals surface area contributed by atoms with Crippen molar-refractivity contribution in [3.05, 3.63) is 23.3 Å². The van der Waals surface area contributed by atoms with Gasteiger partial charge in [0.15, 0.2) is 0 Å². The number of hydrogen-bond donors (Lipinski definition) is 2. The van der Waals surface area contributed by atoms with Crippen LogP contribution in [0.5, 0.6) is 0 Å². The predicted molar refractivity (Wildman–Crippen MR) is 185 cm³/mol. The number of carbonyl (C=O) groups is 4. The molecule has 260 valence electrons. The lowest BCUT2D eigenvalue weighted by Gasteiger charge is -2.41. The van der Waals surface area contributed by atoms with Crippen LogP contribution in [0.3, 0.4) is 0 Å². The van der Waals surface area contributed by atoms with Gasteiger partial charge in [-0.1, -0.05) is 58.8 Å². The molecule has 3 rings (SSSR count). The van der Waals surface area contributed by atoms with Crippen molar-refractivity contribution in [2.24, 2.45) is 11.3 Å². The third kappa shape index (κ3) is 9.91. The summed E-state index contributed by atoms with van der Waals surface area (Å²) in [7, 11) is 1.76. The quantitative estimate of drug-likeness (QED) is 0.225. The first-order valence-corrected chi connectivity index (χ1v) is 17.9. The fraction of sp³-hybridized carbons (Fsp3) is 0.784. The lowest BCUT2D eigenvalue weighted by molar-refractivity contribution is -0.142. The molecule has 0 aromatic rings. The van der Waals surface area contributed by atoms with Crippen molar-refractivity contribution in [3.63, 3.8) is 0 Å². The molecular formula is C37H63N5O4. The maximum Gasteiger partial charge on any atom is 0.249 e. The minimum atomic E-state index is -0.720. The van der Waals surface area contributed by atoms with Gasteiger partial charge in [-0.15, -0.1) is 0 Å². The third-order valence-electron chi connectivity index (χ3n) is 10.1. The van der Waals surface area contributed by atoms with Crippen LogP contribution in [-0.4, -0.2) is 95.2 Å². The summed E-state index contributed by atoms with van der Waals surface area (Å²) in [4.78, 5) is 60.3. The molecule has 0 bridgehead atoms. The predicted octanol–water partition coefficient (Wildman–Crippen LogP) is 5.21. The molecule has 0 spiro atoms. The van der Waals surface area contributed by atoms with E-state index in [1.54, 1.807) is 23.8 Å². The number of amides is 4. The number of carbonyl (C=O) groups excluding carboxylic acids is 4. The fourth-order valence-electron chi connectivity index (χ4n) is 7.27. The summed E-state index contributed by atoms with van der Waals surface area (Å²) in [5, 5.41) is 6.23. The normalized spacial score (nSPS) is 22.8. The van der Waals surface area contributed by atoms with Crippen LogP contribution in [0.25, 0.3) is 0 Å². The highest BCUT2D eigenvalue weighted by molar-refractivity contribution is 5.97. The number of piperidine rings is 1. The van der Waals surface area contributed by atoms with E-state index in [4.69, 9.17) is 0 Å². The first kappa shape index (κ1) is 37.8. The van der Waals surface area contributed by atoms with Crippen LogP contribution < -0.4 is 10.6 Å². The molecule has 0 aromatic heterocycles. The van der Waals surface area contributed by atoms with Crippen molar-refractivity contribution in [2.75, 3.05) is 26.7 Å². The molecule has 4 amide bonds. The minimum absolute atomic E-state index is 0.0227. The van der Waals surface area contributed by atoms with Crippen molar-refractivity contribution in [1.29, 1.82) is 0 Å². The Balaban J connectivity index is 1.71. The lowest BCUT2D eigenvalue weighted by atomic mass is 9.84. The molecule has 2 N–H and O–H groups in total. The molecular weight excluding hydrogens is 578 g/mol. The van der Waals surface area contributed by atoms with E-state index in [0.717, 1.165) is 51.5 Å². The molecule has 2 heterocycles. The van der Waals surface area contributed by atoms with Crippen LogP contribution in [0.4, 0.5) is 0 Å². The van der Waals surface area contributed by atoms with Crippen molar-refractivity contribution in [3.8, 4) is 0 Å².